The molecule has 0 fully saturated rings. The second-order valence-electron chi connectivity index (χ2n) is 1.98. The molecule has 0 aromatic carbocycles. The van der Waals surface area contributed by atoms with E-state index in [2.05, 4.69) is 5.32 Å². The number of carbonyl (C=O) groups is 2. The van der Waals surface area contributed by atoms with Crippen molar-refractivity contribution in [3.05, 3.63) is 0 Å². The molecule has 0 spiro atoms. The van der Waals surface area contributed by atoms with Gasteiger partial charge in [0.25, 0.3) is 0 Å². The number of nitrogens with one attached hydrogen (secondary N) is 1. The summed E-state index contributed by atoms with van der Waals surface area (Å²) in [6, 6.07) is -0.785. The molecule has 0 bridgehead atoms. The van der Waals surface area contributed by atoms with Crippen molar-refractivity contribution in [3.8, 4) is 0 Å². The lowest BCUT2D eigenvalue weighted by Crippen LogP contribution is -2.37. The molecule has 2 N–H and O–H groups in total. The summed E-state index contributed by atoms with van der Waals surface area (Å²) in [5.41, 5.74) is 0. The van der Waals surface area contributed by atoms with E-state index in [9.17, 15) is 9.59 Å². The number of rotatable bonds is 3. The molecule has 0 saturated carbocycles. The molecular formula is C6H11NO3. The van der Waals surface area contributed by atoms with Gasteiger partial charge in [-0.3, -0.25) is 9.59 Å². The Labute approximate surface area is 59.2 Å². The Morgan fingerprint density at radius 1 is 1.60 bits per heavy atom. The highest BCUT2D eigenvalue weighted by Crippen LogP contribution is 1.82. The van der Waals surface area contributed by atoms with E-state index in [1.807, 2.05) is 0 Å². The van der Waals surface area contributed by atoms with E-state index in [1.54, 1.807) is 6.92 Å². The van der Waals surface area contributed by atoms with Crippen molar-refractivity contribution in [1.82, 2.24) is 5.32 Å². The molecule has 4 nitrogen and oxygen atoms in total. The van der Waals surface area contributed by atoms with Gasteiger partial charge in [-0.1, -0.05) is 6.92 Å². The molecule has 0 aliphatic carbocycles. The lowest BCUT2D eigenvalue weighted by molar-refractivity contribution is -0.141. The van der Waals surface area contributed by atoms with Gasteiger partial charge in [-0.05, 0) is 6.92 Å². The van der Waals surface area contributed by atoms with E-state index in [1.165, 1.54) is 6.92 Å². The smallest absolute Gasteiger partial charge is 0.325 e. The van der Waals surface area contributed by atoms with Crippen molar-refractivity contribution in [2.24, 2.45) is 0 Å². The van der Waals surface area contributed by atoms with Crippen LogP contribution in [0.2, 0.25) is 0 Å². The number of hydrogen-bond acceptors (Lipinski definition) is 2. The third-order valence-electron chi connectivity index (χ3n) is 1.07. The number of carbonyl (C=O) groups excluding carboxylic acids is 1. The summed E-state index contributed by atoms with van der Waals surface area (Å²) in [6.07, 6.45) is 0.317. The molecule has 4 heteroatoms. The van der Waals surface area contributed by atoms with E-state index in [0.29, 0.717) is 6.42 Å². The lowest BCUT2D eigenvalue weighted by atomic mass is 10.3. The monoisotopic (exact) mass is 145 g/mol. The van der Waals surface area contributed by atoms with Crippen LogP contribution in [0.5, 0.6) is 0 Å². The highest BCUT2D eigenvalue weighted by molar-refractivity contribution is 5.82. The van der Waals surface area contributed by atoms with Gasteiger partial charge in [0.05, 0.1) is 0 Å². The predicted octanol–water partition coefficient (Wildman–Crippen LogP) is -0.0143. The van der Waals surface area contributed by atoms with Crippen molar-refractivity contribution in [1.29, 1.82) is 0 Å². The van der Waals surface area contributed by atoms with Crippen molar-refractivity contribution in [2.45, 2.75) is 26.3 Å². The Kier molecular flexibility index (Phi) is 3.46. The van der Waals surface area contributed by atoms with Gasteiger partial charge in [-0.15, -0.1) is 0 Å². The largest absolute Gasteiger partial charge is 0.480 e. The molecule has 1 amide bonds. The van der Waals surface area contributed by atoms with Crippen molar-refractivity contribution < 1.29 is 14.7 Å². The number of carboxylic acids is 1. The minimum atomic E-state index is -1.01. The lowest BCUT2D eigenvalue weighted by Gasteiger charge is -2.06. The molecule has 0 aliphatic rings. The molecule has 1 atom stereocenters. The van der Waals surface area contributed by atoms with Crippen molar-refractivity contribution in [2.75, 3.05) is 0 Å². The number of hydrogen-bond donors (Lipinski definition) is 2. The van der Waals surface area contributed by atoms with E-state index in [0.717, 1.165) is 0 Å². The third kappa shape index (κ3) is 3.06. The highest BCUT2D eigenvalue weighted by atomic mass is 16.4. The zero-order valence-electron chi connectivity index (χ0n) is 6.05. The van der Waals surface area contributed by atoms with Gasteiger partial charge in [0.2, 0.25) is 5.91 Å². The standard InChI is InChI=1S/C6H11NO3/c1-3-5(8)7-4(2)6(9)10/h4H,3H2,1-2H3,(H,7,8)(H,9,10). The van der Waals surface area contributed by atoms with Crippen LogP contribution in [0.25, 0.3) is 0 Å². The molecule has 58 valence electrons. The SMILES string of the molecule is CCC(=O)NC(C)C(=O)O. The van der Waals surface area contributed by atoms with E-state index < -0.39 is 12.0 Å². The van der Waals surface area contributed by atoms with Crippen LogP contribution in [0, 0.1) is 0 Å². The van der Waals surface area contributed by atoms with Crippen LogP contribution in [-0.4, -0.2) is 23.0 Å². The van der Waals surface area contributed by atoms with E-state index in [4.69, 9.17) is 5.11 Å². The number of amides is 1. The van der Waals surface area contributed by atoms with Gasteiger partial charge in [-0.25, -0.2) is 0 Å². The molecule has 0 saturated heterocycles. The van der Waals surface area contributed by atoms with Crippen LogP contribution in [0.15, 0.2) is 0 Å². The minimum Gasteiger partial charge on any atom is -0.480 e. The fourth-order valence-corrected chi connectivity index (χ4v) is 0.405. The fourth-order valence-electron chi connectivity index (χ4n) is 0.405. The molecule has 1 unspecified atom stereocenters. The average Bonchev–Trinajstić information content (AvgIpc) is 1.87. The summed E-state index contributed by atoms with van der Waals surface area (Å²) in [7, 11) is 0. The molecule has 0 rings (SSSR count). The molecule has 10 heavy (non-hydrogen) atoms. The van der Waals surface area contributed by atoms with Crippen molar-refractivity contribution >= 4 is 11.9 Å². The summed E-state index contributed by atoms with van der Waals surface area (Å²) in [6.45, 7) is 3.10. The first-order valence-electron chi connectivity index (χ1n) is 3.10. The fraction of sp³-hybridized carbons (Fsp3) is 0.667. The van der Waals surface area contributed by atoms with Gasteiger partial charge >= 0.3 is 5.97 Å². The summed E-state index contributed by atoms with van der Waals surface area (Å²) in [4.78, 5) is 20.7. The average molecular weight is 145 g/mol. The Morgan fingerprint density at radius 2 is 2.10 bits per heavy atom. The summed E-state index contributed by atoms with van der Waals surface area (Å²) in [5.74, 6) is -1.25. The summed E-state index contributed by atoms with van der Waals surface area (Å²) in [5, 5.41) is 10.6. The third-order valence-corrected chi connectivity index (χ3v) is 1.07. The molecule has 0 heterocycles. The molecule has 0 radical (unpaired) electrons. The first-order valence-corrected chi connectivity index (χ1v) is 3.10. The minimum absolute atomic E-state index is 0.241. The van der Waals surface area contributed by atoms with Crippen LogP contribution >= 0.6 is 0 Å². The van der Waals surface area contributed by atoms with Crippen LogP contribution < -0.4 is 5.32 Å². The molecule has 0 aliphatic heterocycles. The number of carboxylic acid groups (broad SMARTS) is 1. The predicted molar refractivity (Wildman–Crippen MR) is 35.5 cm³/mol. The Hall–Kier alpha value is -1.06. The maximum atomic E-state index is 10.6. The first kappa shape index (κ1) is 8.94. The Bertz CT molecular complexity index is 144. The molecular weight excluding hydrogens is 134 g/mol. The molecule has 0 aromatic rings. The topological polar surface area (TPSA) is 66.4 Å². The summed E-state index contributed by atoms with van der Waals surface area (Å²) < 4.78 is 0. The number of aliphatic carboxylic acids is 1. The van der Waals surface area contributed by atoms with Gasteiger partial charge < -0.3 is 10.4 Å². The van der Waals surface area contributed by atoms with Gasteiger partial charge in [0, 0.05) is 6.42 Å². The highest BCUT2D eigenvalue weighted by Gasteiger charge is 2.11. The van der Waals surface area contributed by atoms with Gasteiger partial charge in [0.15, 0.2) is 0 Å². The van der Waals surface area contributed by atoms with Gasteiger partial charge in [0.1, 0.15) is 6.04 Å². The Balaban J connectivity index is 3.68. The van der Waals surface area contributed by atoms with E-state index in [-0.39, 0.29) is 5.91 Å². The second kappa shape index (κ2) is 3.87. The summed E-state index contributed by atoms with van der Waals surface area (Å²) >= 11 is 0. The first-order chi connectivity index (χ1) is 4.57. The molecule has 0 aromatic heterocycles. The van der Waals surface area contributed by atoms with Crippen LogP contribution in [0.4, 0.5) is 0 Å². The maximum Gasteiger partial charge on any atom is 0.325 e. The van der Waals surface area contributed by atoms with E-state index >= 15 is 0 Å². The normalized spacial score (nSPS) is 12.2. The maximum absolute atomic E-state index is 10.6. The second-order valence-corrected chi connectivity index (χ2v) is 1.98. The van der Waals surface area contributed by atoms with Gasteiger partial charge in [-0.2, -0.15) is 0 Å². The zero-order chi connectivity index (χ0) is 8.15. The van der Waals surface area contributed by atoms with Crippen LogP contribution in [0.3, 0.4) is 0 Å². The zero-order valence-corrected chi connectivity index (χ0v) is 6.05. The Morgan fingerprint density at radius 3 is 2.40 bits per heavy atom. The van der Waals surface area contributed by atoms with Crippen molar-refractivity contribution in [3.63, 3.8) is 0 Å². The van der Waals surface area contributed by atoms with Crippen LogP contribution in [-0.2, 0) is 9.59 Å². The quantitative estimate of drug-likeness (QED) is 0.586. The van der Waals surface area contributed by atoms with Crippen LogP contribution in [0.1, 0.15) is 20.3 Å².